The first-order chi connectivity index (χ1) is 17.2. The monoisotopic (exact) mass is 478 g/mol. The molecule has 0 heterocycles. The van der Waals surface area contributed by atoms with Crippen molar-refractivity contribution in [3.05, 3.63) is 65.7 Å². The molecule has 35 heavy (non-hydrogen) atoms. The van der Waals surface area contributed by atoms with Crippen molar-refractivity contribution in [3.8, 4) is 11.5 Å². The second-order valence-electron chi connectivity index (χ2n) is 9.44. The number of carbonyl (C=O) groups is 1. The lowest BCUT2D eigenvalue weighted by Crippen LogP contribution is -2.00. The Kier molecular flexibility index (Phi) is 15.4. The van der Waals surface area contributed by atoms with Gasteiger partial charge in [-0.3, -0.25) is 4.79 Å². The fourth-order valence-corrected chi connectivity index (χ4v) is 4.21. The minimum atomic E-state index is -0.0252. The van der Waals surface area contributed by atoms with Gasteiger partial charge in [-0.05, 0) is 42.3 Å². The molecular formula is C32H46O3. The fourth-order valence-electron chi connectivity index (χ4n) is 4.21. The molecule has 192 valence electrons. The topological polar surface area (TPSA) is 35.5 Å². The maximum Gasteiger partial charge on any atom is 0.185 e. The van der Waals surface area contributed by atoms with Crippen LogP contribution in [0.3, 0.4) is 0 Å². The van der Waals surface area contributed by atoms with Gasteiger partial charge in [-0.1, -0.05) is 121 Å². The van der Waals surface area contributed by atoms with Crippen LogP contribution in [-0.2, 0) is 0 Å². The van der Waals surface area contributed by atoms with Crippen molar-refractivity contribution in [2.24, 2.45) is 0 Å². The second kappa shape index (κ2) is 18.7. The number of allylic oxidation sites excluding steroid dienone is 1. The molecule has 0 unspecified atom stereocenters. The highest BCUT2D eigenvalue weighted by Crippen LogP contribution is 2.17. The zero-order valence-corrected chi connectivity index (χ0v) is 22.1. The second-order valence-corrected chi connectivity index (χ2v) is 9.44. The van der Waals surface area contributed by atoms with Crippen LogP contribution in [0.25, 0.3) is 6.08 Å². The first-order valence-electron chi connectivity index (χ1n) is 13.8. The van der Waals surface area contributed by atoms with Gasteiger partial charge in [0.15, 0.2) is 5.78 Å². The van der Waals surface area contributed by atoms with E-state index >= 15 is 0 Å². The largest absolute Gasteiger partial charge is 0.497 e. The number of ether oxygens (including phenoxy) is 2. The van der Waals surface area contributed by atoms with Crippen LogP contribution >= 0.6 is 0 Å². The number of ketones is 1. The third kappa shape index (κ3) is 13.2. The number of hydrogen-bond donors (Lipinski definition) is 0. The Hall–Kier alpha value is -2.55. The summed E-state index contributed by atoms with van der Waals surface area (Å²) in [5.74, 6) is 1.54. The Balaban J connectivity index is 1.53. The number of benzene rings is 2. The Bertz CT molecular complexity index is 838. The van der Waals surface area contributed by atoms with E-state index in [0.29, 0.717) is 12.2 Å². The highest BCUT2D eigenvalue weighted by Gasteiger charge is 2.04. The van der Waals surface area contributed by atoms with Crippen LogP contribution in [-0.4, -0.2) is 19.5 Å². The zero-order valence-electron chi connectivity index (χ0n) is 22.1. The van der Waals surface area contributed by atoms with Crippen LogP contribution in [0.1, 0.15) is 113 Å². The molecule has 0 aliphatic rings. The van der Waals surface area contributed by atoms with Gasteiger partial charge in [0.2, 0.25) is 0 Å². The maximum absolute atomic E-state index is 12.5. The molecular weight excluding hydrogens is 432 g/mol. The van der Waals surface area contributed by atoms with E-state index in [1.807, 2.05) is 54.6 Å². The quantitative estimate of drug-likeness (QED) is 0.108. The van der Waals surface area contributed by atoms with Gasteiger partial charge in [0.25, 0.3) is 0 Å². The highest BCUT2D eigenvalue weighted by molar-refractivity contribution is 6.07. The summed E-state index contributed by atoms with van der Waals surface area (Å²) in [5, 5.41) is 0. The smallest absolute Gasteiger partial charge is 0.185 e. The van der Waals surface area contributed by atoms with Gasteiger partial charge in [0.1, 0.15) is 11.5 Å². The van der Waals surface area contributed by atoms with Crippen molar-refractivity contribution in [2.45, 2.75) is 96.8 Å². The van der Waals surface area contributed by atoms with E-state index in [4.69, 9.17) is 9.47 Å². The summed E-state index contributed by atoms with van der Waals surface area (Å²) < 4.78 is 11.1. The average molecular weight is 479 g/mol. The SMILES string of the molecule is CCCCCCCCCCCCCCCCOc1cccc(C(=O)/C=C/c2ccc(OC)cc2)c1. The first-order valence-corrected chi connectivity index (χ1v) is 13.8. The van der Waals surface area contributed by atoms with Crippen molar-refractivity contribution < 1.29 is 14.3 Å². The number of rotatable bonds is 20. The summed E-state index contributed by atoms with van der Waals surface area (Å²) in [6.07, 6.45) is 22.3. The summed E-state index contributed by atoms with van der Waals surface area (Å²) in [7, 11) is 1.64. The third-order valence-electron chi connectivity index (χ3n) is 6.43. The number of methoxy groups -OCH3 is 1. The molecule has 0 fully saturated rings. The third-order valence-corrected chi connectivity index (χ3v) is 6.43. The number of carbonyl (C=O) groups excluding carboxylic acids is 1. The minimum absolute atomic E-state index is 0.0252. The molecule has 3 nitrogen and oxygen atoms in total. The molecule has 0 radical (unpaired) electrons. The number of hydrogen-bond acceptors (Lipinski definition) is 3. The molecule has 2 aromatic rings. The van der Waals surface area contributed by atoms with Crippen LogP contribution in [0.4, 0.5) is 0 Å². The predicted octanol–water partition coefficient (Wildman–Crippen LogP) is 9.45. The molecule has 0 spiro atoms. The molecule has 2 rings (SSSR count). The molecule has 0 aliphatic heterocycles. The Morgan fingerprint density at radius 1 is 0.714 bits per heavy atom. The lowest BCUT2D eigenvalue weighted by Gasteiger charge is -2.07. The summed E-state index contributed by atoms with van der Waals surface area (Å²) in [6.45, 7) is 2.98. The van der Waals surface area contributed by atoms with E-state index in [2.05, 4.69) is 6.92 Å². The molecule has 0 aliphatic carbocycles. The molecule has 0 bridgehead atoms. The fraction of sp³-hybridized carbons (Fsp3) is 0.531. The van der Waals surface area contributed by atoms with Gasteiger partial charge in [-0.15, -0.1) is 0 Å². The molecule has 3 heteroatoms. The summed E-state index contributed by atoms with van der Waals surface area (Å²) in [6, 6.07) is 15.1. The van der Waals surface area contributed by atoms with Gasteiger partial charge in [-0.2, -0.15) is 0 Å². The van der Waals surface area contributed by atoms with Crippen molar-refractivity contribution >= 4 is 11.9 Å². The van der Waals surface area contributed by atoms with Crippen molar-refractivity contribution in [3.63, 3.8) is 0 Å². The molecule has 0 saturated heterocycles. The summed E-state index contributed by atoms with van der Waals surface area (Å²) in [4.78, 5) is 12.5. The summed E-state index contributed by atoms with van der Waals surface area (Å²) >= 11 is 0. The molecule has 0 amide bonds. The lowest BCUT2D eigenvalue weighted by molar-refractivity contribution is 0.104. The van der Waals surface area contributed by atoms with E-state index in [-0.39, 0.29) is 5.78 Å². The van der Waals surface area contributed by atoms with E-state index in [1.165, 1.54) is 83.5 Å². The number of unbranched alkanes of at least 4 members (excludes halogenated alkanes) is 13. The Morgan fingerprint density at radius 2 is 1.29 bits per heavy atom. The van der Waals surface area contributed by atoms with E-state index < -0.39 is 0 Å². The zero-order chi connectivity index (χ0) is 25.0. The van der Waals surface area contributed by atoms with Gasteiger partial charge >= 0.3 is 0 Å². The minimum Gasteiger partial charge on any atom is -0.497 e. The highest BCUT2D eigenvalue weighted by atomic mass is 16.5. The van der Waals surface area contributed by atoms with Gasteiger partial charge < -0.3 is 9.47 Å². The van der Waals surface area contributed by atoms with Gasteiger partial charge in [0, 0.05) is 5.56 Å². The molecule has 0 saturated carbocycles. The average Bonchev–Trinajstić information content (AvgIpc) is 2.90. The lowest BCUT2D eigenvalue weighted by atomic mass is 10.0. The summed E-state index contributed by atoms with van der Waals surface area (Å²) in [5.41, 5.74) is 1.61. The van der Waals surface area contributed by atoms with E-state index in [9.17, 15) is 4.79 Å². The van der Waals surface area contributed by atoms with Crippen molar-refractivity contribution in [2.75, 3.05) is 13.7 Å². The molecule has 0 aromatic heterocycles. The van der Waals surface area contributed by atoms with Crippen molar-refractivity contribution in [1.29, 1.82) is 0 Å². The Morgan fingerprint density at radius 3 is 1.86 bits per heavy atom. The predicted molar refractivity (Wildman–Crippen MR) is 149 cm³/mol. The Labute approximate surface area is 213 Å². The van der Waals surface area contributed by atoms with E-state index in [1.54, 1.807) is 13.2 Å². The molecule has 0 atom stereocenters. The normalized spacial score (nSPS) is 11.1. The molecule has 2 aromatic carbocycles. The van der Waals surface area contributed by atoms with Crippen LogP contribution in [0.15, 0.2) is 54.6 Å². The van der Waals surface area contributed by atoms with Crippen LogP contribution in [0, 0.1) is 0 Å². The maximum atomic E-state index is 12.5. The van der Waals surface area contributed by atoms with Gasteiger partial charge in [0.05, 0.1) is 13.7 Å². The van der Waals surface area contributed by atoms with E-state index in [0.717, 1.165) is 23.5 Å². The standard InChI is InChI=1S/C32H46O3/c1-3-4-5-6-7-8-9-10-11-12-13-14-15-16-26-35-31-19-17-18-29(27-31)32(33)25-22-28-20-23-30(34-2)24-21-28/h17-25,27H,3-16,26H2,1-2H3/b25-22+. The molecule has 0 N–H and O–H groups in total. The first kappa shape index (κ1) is 28.7. The van der Waals surface area contributed by atoms with Crippen molar-refractivity contribution in [1.82, 2.24) is 0 Å². The van der Waals surface area contributed by atoms with Crippen LogP contribution < -0.4 is 9.47 Å². The van der Waals surface area contributed by atoms with Gasteiger partial charge in [-0.25, -0.2) is 0 Å². The van der Waals surface area contributed by atoms with Crippen LogP contribution in [0.5, 0.6) is 11.5 Å². The van der Waals surface area contributed by atoms with Crippen LogP contribution in [0.2, 0.25) is 0 Å².